The zero-order chi connectivity index (χ0) is 20.1. The third-order valence-corrected chi connectivity index (χ3v) is 6.88. The lowest BCUT2D eigenvalue weighted by Gasteiger charge is -2.16. The smallest absolute Gasteiger partial charge is 0.263 e. The van der Waals surface area contributed by atoms with Gasteiger partial charge in [-0.05, 0) is 74.1 Å². The number of pyridine rings is 1. The van der Waals surface area contributed by atoms with Crippen LogP contribution in [0.15, 0.2) is 53.6 Å². The van der Waals surface area contributed by atoms with E-state index in [1.54, 1.807) is 42.5 Å². The van der Waals surface area contributed by atoms with Crippen LogP contribution >= 0.6 is 11.6 Å². The van der Waals surface area contributed by atoms with Crippen molar-refractivity contribution < 1.29 is 8.42 Å². The molecule has 1 aliphatic rings. The second-order valence-electron chi connectivity index (χ2n) is 7.74. The Morgan fingerprint density at radius 3 is 2.46 bits per heavy atom. The number of rotatable bonds is 5. The van der Waals surface area contributed by atoms with Crippen molar-refractivity contribution in [1.29, 1.82) is 5.26 Å². The highest BCUT2D eigenvalue weighted by Gasteiger charge is 2.26. The molecule has 0 saturated heterocycles. The zero-order valence-electron chi connectivity index (χ0n) is 15.6. The summed E-state index contributed by atoms with van der Waals surface area (Å²) in [6.45, 7) is 3.59. The number of hydrogen-bond donors (Lipinski definition) is 1. The van der Waals surface area contributed by atoms with Gasteiger partial charge in [-0.2, -0.15) is 5.26 Å². The van der Waals surface area contributed by atoms with Crippen molar-refractivity contribution in [2.24, 2.45) is 0 Å². The van der Waals surface area contributed by atoms with Crippen molar-refractivity contribution in [2.45, 2.75) is 42.9 Å². The number of nitrogens with one attached hydrogen (secondary N) is 1. The number of nitriles is 1. The van der Waals surface area contributed by atoms with Crippen LogP contribution in [-0.2, 0) is 15.4 Å². The van der Waals surface area contributed by atoms with Gasteiger partial charge in [-0.1, -0.05) is 23.7 Å². The van der Waals surface area contributed by atoms with Gasteiger partial charge in [0.2, 0.25) is 0 Å². The molecule has 1 N–H and O–H groups in total. The van der Waals surface area contributed by atoms with Crippen molar-refractivity contribution in [3.05, 3.63) is 64.8 Å². The highest BCUT2D eigenvalue weighted by Crippen LogP contribution is 2.42. The van der Waals surface area contributed by atoms with Gasteiger partial charge in [0.1, 0.15) is 5.82 Å². The molecule has 5 nitrogen and oxygen atoms in total. The minimum Gasteiger partial charge on any atom is -0.301 e. The van der Waals surface area contributed by atoms with Crippen molar-refractivity contribution in [3.8, 4) is 6.07 Å². The molecule has 0 spiro atoms. The molecule has 144 valence electrons. The number of aromatic nitrogens is 1. The molecule has 0 radical (unpaired) electrons. The van der Waals surface area contributed by atoms with Gasteiger partial charge in [-0.3, -0.25) is 4.72 Å². The predicted molar refractivity (Wildman–Crippen MR) is 110 cm³/mol. The van der Waals surface area contributed by atoms with Crippen LogP contribution in [0, 0.1) is 11.3 Å². The second-order valence-corrected chi connectivity index (χ2v) is 9.83. The van der Waals surface area contributed by atoms with Crippen molar-refractivity contribution in [2.75, 3.05) is 4.72 Å². The van der Waals surface area contributed by atoms with E-state index < -0.39 is 15.4 Å². The van der Waals surface area contributed by atoms with Crippen LogP contribution in [-0.4, -0.2) is 12.8 Å². The molecule has 0 unspecified atom stereocenters. The number of hydrogen-bond acceptors (Lipinski definition) is 3. The molecule has 28 heavy (non-hydrogen) atoms. The number of nitrogens with zero attached hydrogens (tertiary/aromatic N) is 2. The Morgan fingerprint density at radius 1 is 1.18 bits per heavy atom. The molecule has 2 aromatic heterocycles. The van der Waals surface area contributed by atoms with Crippen LogP contribution in [0.25, 0.3) is 5.52 Å². The van der Waals surface area contributed by atoms with Crippen LogP contribution in [0.2, 0.25) is 5.02 Å². The van der Waals surface area contributed by atoms with Gasteiger partial charge < -0.3 is 4.40 Å². The Bertz CT molecular complexity index is 1200. The standard InChI is InChI=1S/C21H20ClN3O2S/c1-21(2,13-23)16-5-7-17(8-6-16)28(26,27)24-20-10-9-18(22)19-11-15(12-25(19)20)14-3-4-14/h5-12,14,24H,3-4H2,1-2H3. The van der Waals surface area contributed by atoms with Crippen molar-refractivity contribution in [1.82, 2.24) is 4.40 Å². The van der Waals surface area contributed by atoms with E-state index in [0.717, 1.165) is 23.9 Å². The van der Waals surface area contributed by atoms with E-state index >= 15 is 0 Å². The molecule has 0 amide bonds. The maximum absolute atomic E-state index is 12.9. The first-order valence-electron chi connectivity index (χ1n) is 9.06. The Hall–Kier alpha value is -2.49. The fraction of sp³-hybridized carbons (Fsp3) is 0.286. The topological polar surface area (TPSA) is 74.4 Å². The molecule has 0 bridgehead atoms. The summed E-state index contributed by atoms with van der Waals surface area (Å²) in [6.07, 6.45) is 4.26. The fourth-order valence-corrected chi connectivity index (χ4v) is 4.48. The van der Waals surface area contributed by atoms with Crippen LogP contribution < -0.4 is 4.72 Å². The Kier molecular flexibility index (Phi) is 4.40. The summed E-state index contributed by atoms with van der Waals surface area (Å²) in [6, 6.07) is 14.0. The van der Waals surface area contributed by atoms with Gasteiger partial charge in [-0.15, -0.1) is 0 Å². The van der Waals surface area contributed by atoms with E-state index in [1.807, 2.05) is 12.3 Å². The number of benzene rings is 1. The molecule has 2 heterocycles. The molecule has 0 aliphatic heterocycles. The lowest BCUT2D eigenvalue weighted by Crippen LogP contribution is -2.17. The van der Waals surface area contributed by atoms with Gasteiger partial charge in [-0.25, -0.2) is 8.42 Å². The Balaban J connectivity index is 1.68. The lowest BCUT2D eigenvalue weighted by atomic mass is 9.87. The number of sulfonamides is 1. The number of halogens is 1. The van der Waals surface area contributed by atoms with Gasteiger partial charge in [0, 0.05) is 6.20 Å². The van der Waals surface area contributed by atoms with Gasteiger partial charge >= 0.3 is 0 Å². The van der Waals surface area contributed by atoms with E-state index in [9.17, 15) is 13.7 Å². The fourth-order valence-electron chi connectivity index (χ4n) is 3.22. The third kappa shape index (κ3) is 3.36. The molecular formula is C21H20ClN3O2S. The monoisotopic (exact) mass is 413 g/mol. The summed E-state index contributed by atoms with van der Waals surface area (Å²) in [7, 11) is -3.78. The van der Waals surface area contributed by atoms with Gasteiger partial charge in [0.15, 0.2) is 0 Å². The van der Waals surface area contributed by atoms with Gasteiger partial charge in [0.05, 0.1) is 26.9 Å². The number of anilines is 1. The van der Waals surface area contributed by atoms with Crippen LogP contribution in [0.3, 0.4) is 0 Å². The molecule has 1 aromatic carbocycles. The number of fused-ring (bicyclic) bond motifs is 1. The first-order chi connectivity index (χ1) is 13.2. The van der Waals surface area contributed by atoms with Gasteiger partial charge in [0.25, 0.3) is 10.0 Å². The quantitative estimate of drug-likeness (QED) is 0.634. The summed E-state index contributed by atoms with van der Waals surface area (Å²) in [5, 5.41) is 9.83. The summed E-state index contributed by atoms with van der Waals surface area (Å²) in [5.74, 6) is 0.976. The summed E-state index contributed by atoms with van der Waals surface area (Å²) in [5.41, 5.74) is 2.05. The molecular weight excluding hydrogens is 394 g/mol. The highest BCUT2D eigenvalue weighted by molar-refractivity contribution is 7.92. The first-order valence-corrected chi connectivity index (χ1v) is 10.9. The van der Waals surface area contributed by atoms with Crippen LogP contribution in [0.4, 0.5) is 5.82 Å². The molecule has 1 fully saturated rings. The maximum atomic E-state index is 12.9. The first kappa shape index (κ1) is 18.9. The molecule has 0 atom stereocenters. The Morgan fingerprint density at radius 2 is 1.86 bits per heavy atom. The lowest BCUT2D eigenvalue weighted by molar-refractivity contribution is 0.600. The summed E-state index contributed by atoms with van der Waals surface area (Å²) in [4.78, 5) is 0.141. The average molecular weight is 414 g/mol. The zero-order valence-corrected chi connectivity index (χ0v) is 17.2. The van der Waals surface area contributed by atoms with E-state index in [0.29, 0.717) is 16.8 Å². The molecule has 7 heteroatoms. The SMILES string of the molecule is CC(C)(C#N)c1ccc(S(=O)(=O)Nc2ccc(Cl)c3cc(C4CC4)cn23)cc1. The predicted octanol–water partition coefficient (Wildman–Crippen LogP) is 5.07. The normalized spacial score (nSPS) is 14.8. The average Bonchev–Trinajstić information content (AvgIpc) is 3.42. The minimum atomic E-state index is -3.78. The second kappa shape index (κ2) is 6.54. The van der Waals surface area contributed by atoms with E-state index in [4.69, 9.17) is 11.6 Å². The molecule has 3 aromatic rings. The molecule has 4 rings (SSSR count). The third-order valence-electron chi connectivity index (χ3n) is 5.19. The minimum absolute atomic E-state index is 0.141. The largest absolute Gasteiger partial charge is 0.301 e. The van der Waals surface area contributed by atoms with Crippen LogP contribution in [0.5, 0.6) is 0 Å². The van der Waals surface area contributed by atoms with E-state index in [2.05, 4.69) is 10.8 Å². The Labute approximate surface area is 169 Å². The molecule has 1 aliphatic carbocycles. The van der Waals surface area contributed by atoms with E-state index in [-0.39, 0.29) is 4.90 Å². The summed E-state index contributed by atoms with van der Waals surface area (Å²) < 4.78 is 30.2. The summed E-state index contributed by atoms with van der Waals surface area (Å²) >= 11 is 6.31. The highest BCUT2D eigenvalue weighted by atomic mass is 35.5. The van der Waals surface area contributed by atoms with Crippen LogP contribution in [0.1, 0.15) is 43.7 Å². The van der Waals surface area contributed by atoms with E-state index in [1.165, 1.54) is 17.7 Å². The van der Waals surface area contributed by atoms with Crippen molar-refractivity contribution >= 4 is 33.0 Å². The molecule has 1 saturated carbocycles. The van der Waals surface area contributed by atoms with Crippen molar-refractivity contribution in [3.63, 3.8) is 0 Å². The maximum Gasteiger partial charge on any atom is 0.263 e.